The fraction of sp³-hybridized carbons (Fsp3) is 0.846. The number of aromatic nitrogens is 2. The van der Waals surface area contributed by atoms with Crippen molar-refractivity contribution in [3.05, 3.63) is 5.89 Å². The molecule has 1 aromatic rings. The number of hydrogen-bond donors (Lipinski definition) is 1. The average Bonchev–Trinajstić information content (AvgIpc) is 2.82. The van der Waals surface area contributed by atoms with Crippen LogP contribution in [0.25, 0.3) is 0 Å². The molecule has 1 N–H and O–H groups in total. The van der Waals surface area contributed by atoms with Gasteiger partial charge in [-0.3, -0.25) is 0 Å². The maximum Gasteiger partial charge on any atom is 0.276 e. The Kier molecular flexibility index (Phi) is 4.33. The summed E-state index contributed by atoms with van der Waals surface area (Å²) in [6, 6.07) is 0.523. The van der Waals surface area contributed by atoms with Crippen molar-refractivity contribution in [2.24, 2.45) is 5.41 Å². The summed E-state index contributed by atoms with van der Waals surface area (Å²) in [5.74, 6) is 0.646. The van der Waals surface area contributed by atoms with Crippen LogP contribution < -0.4 is 5.32 Å². The second-order valence-electron chi connectivity index (χ2n) is 5.70. The molecule has 1 aliphatic carbocycles. The highest BCUT2D eigenvalue weighted by atomic mass is 32.2. The molecular formula is C13H23N3OS. The van der Waals surface area contributed by atoms with Crippen LogP contribution in [0.15, 0.2) is 9.64 Å². The highest BCUT2D eigenvalue weighted by Gasteiger charge is 2.42. The van der Waals surface area contributed by atoms with Crippen molar-refractivity contribution in [1.29, 1.82) is 0 Å². The van der Waals surface area contributed by atoms with Gasteiger partial charge in [-0.2, -0.15) is 0 Å². The Morgan fingerprint density at radius 1 is 1.44 bits per heavy atom. The zero-order valence-electron chi connectivity index (χ0n) is 11.7. The lowest BCUT2D eigenvalue weighted by molar-refractivity contribution is 0.287. The third-order valence-corrected chi connectivity index (χ3v) is 4.84. The summed E-state index contributed by atoms with van der Waals surface area (Å²) in [5, 5.41) is 12.9. The van der Waals surface area contributed by atoms with Crippen molar-refractivity contribution in [3.63, 3.8) is 0 Å². The third kappa shape index (κ3) is 3.06. The van der Waals surface area contributed by atoms with E-state index >= 15 is 0 Å². The van der Waals surface area contributed by atoms with E-state index in [-0.39, 0.29) is 0 Å². The first-order valence-electron chi connectivity index (χ1n) is 6.73. The third-order valence-electron chi connectivity index (χ3n) is 3.66. The van der Waals surface area contributed by atoms with Crippen LogP contribution in [0.1, 0.15) is 45.9 Å². The molecule has 5 heteroatoms. The number of nitrogens with zero attached hydrogens (tertiary/aromatic N) is 2. The largest absolute Gasteiger partial charge is 0.416 e. The molecule has 0 amide bonds. The second-order valence-corrected chi connectivity index (χ2v) is 6.89. The number of thioether (sulfide) groups is 1. The maximum absolute atomic E-state index is 5.48. The molecule has 102 valence electrons. The molecule has 0 radical (unpaired) electrons. The van der Waals surface area contributed by atoms with Crippen LogP contribution in [0, 0.1) is 12.3 Å². The van der Waals surface area contributed by atoms with E-state index in [4.69, 9.17) is 4.42 Å². The predicted octanol–water partition coefficient (Wildman–Crippen LogP) is 3.03. The van der Waals surface area contributed by atoms with Crippen LogP contribution in [-0.4, -0.2) is 28.0 Å². The van der Waals surface area contributed by atoms with Gasteiger partial charge in [0.15, 0.2) is 0 Å². The van der Waals surface area contributed by atoms with E-state index in [2.05, 4.69) is 36.3 Å². The lowest BCUT2D eigenvalue weighted by Crippen LogP contribution is -2.43. The predicted molar refractivity (Wildman–Crippen MR) is 73.8 cm³/mol. The SMILES string of the molecule is CCCNC1C(Sc2nnc(C)o2)CCC1(C)C. The molecular weight excluding hydrogens is 246 g/mol. The minimum absolute atomic E-state index is 0.349. The number of hydrogen-bond acceptors (Lipinski definition) is 5. The summed E-state index contributed by atoms with van der Waals surface area (Å²) in [6.07, 6.45) is 3.63. The molecule has 4 nitrogen and oxygen atoms in total. The summed E-state index contributed by atoms with van der Waals surface area (Å²) >= 11 is 1.73. The Morgan fingerprint density at radius 3 is 2.83 bits per heavy atom. The van der Waals surface area contributed by atoms with Gasteiger partial charge in [-0.05, 0) is 31.2 Å². The fourth-order valence-corrected chi connectivity index (χ4v) is 3.98. The summed E-state index contributed by atoms with van der Waals surface area (Å²) in [4.78, 5) is 0. The Hall–Kier alpha value is -0.550. The molecule has 1 saturated carbocycles. The summed E-state index contributed by atoms with van der Waals surface area (Å²) in [7, 11) is 0. The Morgan fingerprint density at radius 2 is 2.22 bits per heavy atom. The Bertz CT molecular complexity index is 391. The van der Waals surface area contributed by atoms with E-state index in [9.17, 15) is 0 Å². The van der Waals surface area contributed by atoms with E-state index in [1.54, 1.807) is 11.8 Å². The van der Waals surface area contributed by atoms with Crippen molar-refractivity contribution >= 4 is 11.8 Å². The molecule has 1 heterocycles. The van der Waals surface area contributed by atoms with Gasteiger partial charge in [0, 0.05) is 18.2 Å². The Labute approximate surface area is 113 Å². The van der Waals surface area contributed by atoms with Gasteiger partial charge < -0.3 is 9.73 Å². The monoisotopic (exact) mass is 269 g/mol. The highest BCUT2D eigenvalue weighted by Crippen LogP contribution is 2.44. The van der Waals surface area contributed by atoms with Crippen molar-refractivity contribution in [2.45, 2.75) is 63.5 Å². The quantitative estimate of drug-likeness (QED) is 0.890. The van der Waals surface area contributed by atoms with E-state index < -0.39 is 0 Å². The van der Waals surface area contributed by atoms with Crippen molar-refractivity contribution in [3.8, 4) is 0 Å². The molecule has 0 aromatic carbocycles. The van der Waals surface area contributed by atoms with Crippen LogP contribution in [0.4, 0.5) is 0 Å². The van der Waals surface area contributed by atoms with Crippen LogP contribution >= 0.6 is 11.8 Å². The molecule has 0 saturated heterocycles. The smallest absolute Gasteiger partial charge is 0.276 e. The van der Waals surface area contributed by atoms with E-state index in [1.165, 1.54) is 19.3 Å². The van der Waals surface area contributed by atoms with Gasteiger partial charge in [-0.25, -0.2) is 0 Å². The minimum atomic E-state index is 0.349. The van der Waals surface area contributed by atoms with Gasteiger partial charge in [-0.15, -0.1) is 10.2 Å². The average molecular weight is 269 g/mol. The van der Waals surface area contributed by atoms with Gasteiger partial charge in [0.05, 0.1) is 0 Å². The van der Waals surface area contributed by atoms with Crippen LogP contribution in [0.2, 0.25) is 0 Å². The molecule has 1 aromatic heterocycles. The molecule has 2 unspecified atom stereocenters. The number of aryl methyl sites for hydroxylation is 1. The van der Waals surface area contributed by atoms with Crippen LogP contribution in [-0.2, 0) is 0 Å². The van der Waals surface area contributed by atoms with Crippen LogP contribution in [0.5, 0.6) is 0 Å². The van der Waals surface area contributed by atoms with Gasteiger partial charge in [0.2, 0.25) is 5.89 Å². The molecule has 1 fully saturated rings. The van der Waals surface area contributed by atoms with Gasteiger partial charge in [-0.1, -0.05) is 32.5 Å². The van der Waals surface area contributed by atoms with Crippen molar-refractivity contribution in [2.75, 3.05) is 6.54 Å². The molecule has 2 rings (SSSR count). The lowest BCUT2D eigenvalue weighted by Gasteiger charge is -2.31. The second kappa shape index (κ2) is 5.61. The summed E-state index contributed by atoms with van der Waals surface area (Å²) < 4.78 is 5.48. The normalized spacial score (nSPS) is 26.7. The van der Waals surface area contributed by atoms with E-state index in [0.717, 1.165) is 6.54 Å². The van der Waals surface area contributed by atoms with E-state index in [1.807, 2.05) is 6.92 Å². The van der Waals surface area contributed by atoms with E-state index in [0.29, 0.717) is 27.8 Å². The first-order valence-corrected chi connectivity index (χ1v) is 7.61. The molecule has 0 bridgehead atoms. The molecule has 0 aliphatic heterocycles. The number of rotatable bonds is 5. The fourth-order valence-electron chi connectivity index (χ4n) is 2.63. The molecule has 18 heavy (non-hydrogen) atoms. The van der Waals surface area contributed by atoms with Gasteiger partial charge >= 0.3 is 0 Å². The standard InChI is InChI=1S/C13H23N3OS/c1-5-8-14-11-10(6-7-13(11,3)4)18-12-16-15-9(2)17-12/h10-11,14H,5-8H2,1-4H3. The van der Waals surface area contributed by atoms with Crippen molar-refractivity contribution in [1.82, 2.24) is 15.5 Å². The molecule has 1 aliphatic rings. The van der Waals surface area contributed by atoms with Crippen LogP contribution in [0.3, 0.4) is 0 Å². The van der Waals surface area contributed by atoms with Gasteiger partial charge in [0.1, 0.15) is 0 Å². The summed E-state index contributed by atoms with van der Waals surface area (Å²) in [6.45, 7) is 9.81. The topological polar surface area (TPSA) is 51.0 Å². The molecule has 2 atom stereocenters. The first kappa shape index (κ1) is 13.9. The zero-order chi connectivity index (χ0) is 13.2. The van der Waals surface area contributed by atoms with Gasteiger partial charge in [0.25, 0.3) is 5.22 Å². The first-order chi connectivity index (χ1) is 8.53. The summed E-state index contributed by atoms with van der Waals surface area (Å²) in [5.41, 5.74) is 0.349. The molecule has 0 spiro atoms. The Balaban J connectivity index is 2.02. The number of nitrogens with one attached hydrogen (secondary N) is 1. The zero-order valence-corrected chi connectivity index (χ0v) is 12.5. The lowest BCUT2D eigenvalue weighted by atomic mass is 9.87. The maximum atomic E-state index is 5.48. The highest BCUT2D eigenvalue weighted by molar-refractivity contribution is 7.99. The minimum Gasteiger partial charge on any atom is -0.416 e. The van der Waals surface area contributed by atoms with Crippen molar-refractivity contribution < 1.29 is 4.42 Å².